The molecule has 0 aliphatic heterocycles. The Morgan fingerprint density at radius 1 is 0.605 bits per heavy atom. The van der Waals surface area contributed by atoms with Gasteiger partial charge in [0.1, 0.15) is 19.3 Å². The maximum absolute atomic E-state index is 13.2. The molecule has 0 unspecified atom stereocenters. The molecule has 43 heavy (non-hydrogen) atoms. The summed E-state index contributed by atoms with van der Waals surface area (Å²) in [6.07, 6.45) is 0.209. The SMILES string of the molecule is COC(=O)[C@@H](Cc1ccc(OCc2ccccc2)c(OCc2ccccc2)c1)NC(=O)c1ccc(-c2ccccc2)cc1. The van der Waals surface area contributed by atoms with Crippen LogP contribution in [-0.4, -0.2) is 25.0 Å². The first-order valence-corrected chi connectivity index (χ1v) is 14.1. The van der Waals surface area contributed by atoms with E-state index in [9.17, 15) is 9.59 Å². The van der Waals surface area contributed by atoms with E-state index in [1.807, 2.05) is 121 Å². The van der Waals surface area contributed by atoms with Gasteiger partial charge in [-0.15, -0.1) is 0 Å². The zero-order chi connectivity index (χ0) is 29.9. The second-order valence-corrected chi connectivity index (χ2v) is 10.0. The smallest absolute Gasteiger partial charge is 0.328 e. The van der Waals surface area contributed by atoms with E-state index in [0.29, 0.717) is 30.3 Å². The van der Waals surface area contributed by atoms with Gasteiger partial charge in [-0.25, -0.2) is 4.79 Å². The van der Waals surface area contributed by atoms with Crippen molar-refractivity contribution in [1.82, 2.24) is 5.32 Å². The van der Waals surface area contributed by atoms with Crippen LogP contribution in [0.4, 0.5) is 0 Å². The number of ether oxygens (including phenoxy) is 3. The topological polar surface area (TPSA) is 73.9 Å². The molecule has 6 heteroatoms. The lowest BCUT2D eigenvalue weighted by Gasteiger charge is -2.19. The van der Waals surface area contributed by atoms with Crippen LogP contribution in [0.2, 0.25) is 0 Å². The highest BCUT2D eigenvalue weighted by Gasteiger charge is 2.23. The fraction of sp³-hybridized carbons (Fsp3) is 0.135. The number of esters is 1. The minimum absolute atomic E-state index is 0.209. The molecule has 0 saturated heterocycles. The Labute approximate surface area is 251 Å². The number of benzene rings is 5. The number of carbonyl (C=O) groups excluding carboxylic acids is 2. The van der Waals surface area contributed by atoms with Gasteiger partial charge in [-0.1, -0.05) is 109 Å². The fourth-order valence-electron chi connectivity index (χ4n) is 4.64. The highest BCUT2D eigenvalue weighted by atomic mass is 16.5. The largest absolute Gasteiger partial charge is 0.485 e. The van der Waals surface area contributed by atoms with Gasteiger partial charge in [0.15, 0.2) is 11.5 Å². The summed E-state index contributed by atoms with van der Waals surface area (Å²) in [6, 6.07) is 41.6. The van der Waals surface area contributed by atoms with Crippen LogP contribution in [-0.2, 0) is 29.2 Å². The predicted molar refractivity (Wildman–Crippen MR) is 167 cm³/mol. The molecule has 5 aromatic carbocycles. The maximum Gasteiger partial charge on any atom is 0.328 e. The van der Waals surface area contributed by atoms with Crippen LogP contribution in [0.5, 0.6) is 11.5 Å². The quantitative estimate of drug-likeness (QED) is 0.163. The second kappa shape index (κ2) is 14.5. The molecule has 6 nitrogen and oxygen atoms in total. The van der Waals surface area contributed by atoms with E-state index < -0.39 is 12.0 Å². The number of methoxy groups -OCH3 is 1. The van der Waals surface area contributed by atoms with Gasteiger partial charge < -0.3 is 19.5 Å². The summed E-state index contributed by atoms with van der Waals surface area (Å²) in [6.45, 7) is 0.730. The van der Waals surface area contributed by atoms with Crippen molar-refractivity contribution in [2.45, 2.75) is 25.7 Å². The third kappa shape index (κ3) is 8.11. The molecule has 0 aliphatic carbocycles. The van der Waals surface area contributed by atoms with Crippen molar-refractivity contribution < 1.29 is 23.8 Å². The number of hydrogen-bond acceptors (Lipinski definition) is 5. The summed E-state index contributed by atoms with van der Waals surface area (Å²) >= 11 is 0. The van der Waals surface area contributed by atoms with Crippen molar-refractivity contribution in [3.63, 3.8) is 0 Å². The molecule has 0 saturated carbocycles. The first kappa shape index (κ1) is 29.1. The molecule has 5 rings (SSSR count). The lowest BCUT2D eigenvalue weighted by molar-refractivity contribution is -0.142. The Morgan fingerprint density at radius 3 is 1.72 bits per heavy atom. The minimum atomic E-state index is -0.899. The molecular formula is C37H33NO5. The minimum Gasteiger partial charge on any atom is -0.485 e. The molecular weight excluding hydrogens is 538 g/mol. The van der Waals surface area contributed by atoms with E-state index in [2.05, 4.69) is 5.32 Å². The number of amides is 1. The third-order valence-electron chi connectivity index (χ3n) is 6.97. The summed E-state index contributed by atoms with van der Waals surface area (Å²) in [5, 5.41) is 2.84. The van der Waals surface area contributed by atoms with Crippen molar-refractivity contribution >= 4 is 11.9 Å². The summed E-state index contributed by atoms with van der Waals surface area (Å²) in [4.78, 5) is 25.9. The van der Waals surface area contributed by atoms with Gasteiger partial charge in [-0.05, 0) is 52.1 Å². The lowest BCUT2D eigenvalue weighted by atomic mass is 10.0. The van der Waals surface area contributed by atoms with E-state index >= 15 is 0 Å². The van der Waals surface area contributed by atoms with Crippen LogP contribution < -0.4 is 14.8 Å². The number of carbonyl (C=O) groups is 2. The Balaban J connectivity index is 1.32. The number of rotatable bonds is 12. The summed E-state index contributed by atoms with van der Waals surface area (Å²) < 4.78 is 17.3. The van der Waals surface area contributed by atoms with E-state index in [0.717, 1.165) is 27.8 Å². The molecule has 0 spiro atoms. The molecule has 216 valence electrons. The number of hydrogen-bond donors (Lipinski definition) is 1. The van der Waals surface area contributed by atoms with Crippen molar-refractivity contribution in [3.05, 3.63) is 156 Å². The van der Waals surface area contributed by atoms with E-state index in [1.54, 1.807) is 12.1 Å². The normalized spacial score (nSPS) is 11.3. The van der Waals surface area contributed by atoms with Crippen LogP contribution in [0.25, 0.3) is 11.1 Å². The van der Waals surface area contributed by atoms with E-state index in [-0.39, 0.29) is 12.3 Å². The molecule has 0 fully saturated rings. The molecule has 0 aromatic heterocycles. The number of nitrogens with one attached hydrogen (secondary N) is 1. The van der Waals surface area contributed by atoms with E-state index in [1.165, 1.54) is 7.11 Å². The van der Waals surface area contributed by atoms with Gasteiger partial charge in [0.25, 0.3) is 5.91 Å². The fourth-order valence-corrected chi connectivity index (χ4v) is 4.64. The standard InChI is InChI=1S/C37H33NO5/c1-41-37(40)33(38-36(39)32-20-18-31(19-21-32)30-15-9-4-10-16-30)23-29-17-22-34(42-25-27-11-5-2-6-12-27)35(24-29)43-26-28-13-7-3-8-14-28/h2-22,24,33H,23,25-26H2,1H3,(H,38,39)/t33-/m1/s1. The second-order valence-electron chi connectivity index (χ2n) is 10.0. The van der Waals surface area contributed by atoms with Crippen molar-refractivity contribution in [1.29, 1.82) is 0 Å². The molecule has 1 N–H and O–H groups in total. The summed E-state index contributed by atoms with van der Waals surface area (Å²) in [5.41, 5.74) is 5.34. The summed E-state index contributed by atoms with van der Waals surface area (Å²) in [7, 11) is 1.31. The average molecular weight is 572 g/mol. The molecule has 0 aliphatic rings. The van der Waals surface area contributed by atoms with Crippen LogP contribution in [0.15, 0.2) is 133 Å². The lowest BCUT2D eigenvalue weighted by Crippen LogP contribution is -2.43. The first-order valence-electron chi connectivity index (χ1n) is 14.1. The Morgan fingerprint density at radius 2 is 1.14 bits per heavy atom. The van der Waals surface area contributed by atoms with Gasteiger partial charge in [0.2, 0.25) is 0 Å². The van der Waals surface area contributed by atoms with E-state index in [4.69, 9.17) is 14.2 Å². The average Bonchev–Trinajstić information content (AvgIpc) is 3.07. The van der Waals surface area contributed by atoms with Gasteiger partial charge in [-0.3, -0.25) is 4.79 Å². The molecule has 0 radical (unpaired) electrons. The highest BCUT2D eigenvalue weighted by molar-refractivity contribution is 5.97. The predicted octanol–water partition coefficient (Wildman–Crippen LogP) is 7.03. The Hall–Kier alpha value is -5.36. The molecule has 0 heterocycles. The zero-order valence-electron chi connectivity index (χ0n) is 23.9. The Bertz CT molecular complexity index is 1620. The van der Waals surface area contributed by atoms with Gasteiger partial charge >= 0.3 is 5.97 Å². The van der Waals surface area contributed by atoms with Crippen LogP contribution in [0, 0.1) is 0 Å². The van der Waals surface area contributed by atoms with Crippen molar-refractivity contribution in [3.8, 4) is 22.6 Å². The Kier molecular flexibility index (Phi) is 9.83. The maximum atomic E-state index is 13.2. The van der Waals surface area contributed by atoms with Gasteiger partial charge in [-0.2, -0.15) is 0 Å². The zero-order valence-corrected chi connectivity index (χ0v) is 23.9. The van der Waals surface area contributed by atoms with Crippen LogP contribution in [0.1, 0.15) is 27.0 Å². The first-order chi connectivity index (χ1) is 21.1. The molecule has 5 aromatic rings. The monoisotopic (exact) mass is 571 g/mol. The van der Waals surface area contributed by atoms with Crippen LogP contribution >= 0.6 is 0 Å². The molecule has 1 amide bonds. The summed E-state index contributed by atoms with van der Waals surface area (Å²) in [5.74, 6) is 0.230. The van der Waals surface area contributed by atoms with Gasteiger partial charge in [0, 0.05) is 12.0 Å². The van der Waals surface area contributed by atoms with Crippen molar-refractivity contribution in [2.75, 3.05) is 7.11 Å². The van der Waals surface area contributed by atoms with Crippen molar-refractivity contribution in [2.24, 2.45) is 0 Å². The molecule has 1 atom stereocenters. The van der Waals surface area contributed by atoms with Gasteiger partial charge in [0.05, 0.1) is 7.11 Å². The van der Waals surface area contributed by atoms with Crippen LogP contribution in [0.3, 0.4) is 0 Å². The highest BCUT2D eigenvalue weighted by Crippen LogP contribution is 2.31. The molecule has 0 bridgehead atoms. The third-order valence-corrected chi connectivity index (χ3v) is 6.97.